The molecule has 104 valence electrons. The van der Waals surface area contributed by atoms with Crippen LogP contribution < -0.4 is 11.2 Å². The number of hydrogen-bond acceptors (Lipinski definition) is 4. The maximum absolute atomic E-state index is 11.4. The molecule has 7 nitrogen and oxygen atoms in total. The molecule has 0 radical (unpaired) electrons. The summed E-state index contributed by atoms with van der Waals surface area (Å²) < 4.78 is 0. The van der Waals surface area contributed by atoms with E-state index in [2.05, 4.69) is 15.5 Å². The number of benzene rings is 1. The number of nitrogens with zero attached hydrogens (tertiary/aromatic N) is 1. The molecule has 7 heteroatoms. The van der Waals surface area contributed by atoms with Crippen LogP contribution in [0.4, 0.5) is 0 Å². The maximum Gasteiger partial charge on any atom is 0.321 e. The Morgan fingerprint density at radius 3 is 2.95 bits per heavy atom. The van der Waals surface area contributed by atoms with E-state index < -0.39 is 17.9 Å². The van der Waals surface area contributed by atoms with Gasteiger partial charge in [0, 0.05) is 22.7 Å². The lowest BCUT2D eigenvalue weighted by molar-refractivity contribution is -0.140. The first-order valence-electron chi connectivity index (χ1n) is 5.94. The number of aliphatic carboxylic acids is 1. The summed E-state index contributed by atoms with van der Waals surface area (Å²) in [4.78, 5) is 24.9. The van der Waals surface area contributed by atoms with Crippen molar-refractivity contribution in [2.75, 3.05) is 0 Å². The zero-order valence-electron chi connectivity index (χ0n) is 10.5. The smallest absolute Gasteiger partial charge is 0.321 e. The number of hydrogen-bond donors (Lipinski definition) is 4. The number of aromatic amines is 1. The molecule has 2 aromatic rings. The molecule has 5 N–H and O–H groups in total. The number of hydrazone groups is 1. The zero-order chi connectivity index (χ0) is 14.5. The molecule has 0 bridgehead atoms. The minimum absolute atomic E-state index is 0.319. The fourth-order valence-corrected chi connectivity index (χ4v) is 1.71. The van der Waals surface area contributed by atoms with Crippen LogP contribution in [0.1, 0.15) is 12.0 Å². The summed E-state index contributed by atoms with van der Waals surface area (Å²) in [5.41, 5.74) is 9.27. The second-order valence-electron chi connectivity index (χ2n) is 4.23. The Kier molecular flexibility index (Phi) is 4.11. The van der Waals surface area contributed by atoms with Crippen LogP contribution in [0, 0.1) is 0 Å². The summed E-state index contributed by atoms with van der Waals surface area (Å²) >= 11 is 0. The number of nitrogens with one attached hydrogen (secondary N) is 2. The summed E-state index contributed by atoms with van der Waals surface area (Å²) in [6.45, 7) is 0. The molecule has 0 fully saturated rings. The Labute approximate surface area is 114 Å². The van der Waals surface area contributed by atoms with Gasteiger partial charge >= 0.3 is 5.97 Å². The van der Waals surface area contributed by atoms with Crippen molar-refractivity contribution in [1.82, 2.24) is 10.4 Å². The van der Waals surface area contributed by atoms with Crippen molar-refractivity contribution in [3.05, 3.63) is 36.0 Å². The fourth-order valence-electron chi connectivity index (χ4n) is 1.71. The Morgan fingerprint density at radius 2 is 2.20 bits per heavy atom. The number of carboxylic acid groups (broad SMARTS) is 1. The molecule has 1 unspecified atom stereocenters. The molecule has 0 aliphatic rings. The average molecular weight is 274 g/mol. The molecule has 0 aliphatic carbocycles. The second kappa shape index (κ2) is 5.98. The van der Waals surface area contributed by atoms with Gasteiger partial charge in [-0.3, -0.25) is 9.59 Å². The number of nitrogens with two attached hydrogens (primary N) is 1. The summed E-state index contributed by atoms with van der Waals surface area (Å²) in [7, 11) is 0. The first-order valence-corrected chi connectivity index (χ1v) is 5.94. The monoisotopic (exact) mass is 274 g/mol. The molecule has 1 aromatic carbocycles. The van der Waals surface area contributed by atoms with Gasteiger partial charge in [-0.15, -0.1) is 0 Å². The van der Waals surface area contributed by atoms with Crippen LogP contribution >= 0.6 is 0 Å². The van der Waals surface area contributed by atoms with Crippen LogP contribution in [0.15, 0.2) is 35.6 Å². The molecule has 2 rings (SSSR count). The van der Waals surface area contributed by atoms with Crippen molar-refractivity contribution in [3.63, 3.8) is 0 Å². The van der Waals surface area contributed by atoms with Crippen LogP contribution in [-0.4, -0.2) is 34.2 Å². The van der Waals surface area contributed by atoms with E-state index in [4.69, 9.17) is 10.8 Å². The summed E-state index contributed by atoms with van der Waals surface area (Å²) in [6, 6.07) is 6.44. The van der Waals surface area contributed by atoms with E-state index in [1.807, 2.05) is 24.3 Å². The Morgan fingerprint density at radius 1 is 1.45 bits per heavy atom. The summed E-state index contributed by atoms with van der Waals surface area (Å²) in [6.07, 6.45) is 2.94. The molecule has 0 saturated heterocycles. The van der Waals surface area contributed by atoms with Crippen molar-refractivity contribution >= 4 is 29.0 Å². The van der Waals surface area contributed by atoms with Gasteiger partial charge in [0.05, 0.1) is 12.6 Å². The molecular weight excluding hydrogens is 260 g/mol. The molecule has 1 atom stereocenters. The normalized spacial score (nSPS) is 12.7. The van der Waals surface area contributed by atoms with E-state index in [0.717, 1.165) is 16.5 Å². The van der Waals surface area contributed by atoms with E-state index in [1.165, 1.54) is 6.21 Å². The van der Waals surface area contributed by atoms with Gasteiger partial charge in [0.25, 0.3) is 0 Å². The third kappa shape index (κ3) is 3.21. The summed E-state index contributed by atoms with van der Waals surface area (Å²) in [5.74, 6) is -1.77. The molecule has 1 amide bonds. The van der Waals surface area contributed by atoms with Gasteiger partial charge in [-0.1, -0.05) is 18.2 Å². The number of para-hydroxylation sites is 1. The fraction of sp³-hybridized carbons (Fsp3) is 0.154. The molecule has 1 heterocycles. The Hall–Kier alpha value is -2.67. The average Bonchev–Trinajstić information content (AvgIpc) is 2.82. The number of carboxylic acids is 1. The quantitative estimate of drug-likeness (QED) is 0.466. The molecular formula is C13H14N4O3. The van der Waals surface area contributed by atoms with Crippen molar-refractivity contribution < 1.29 is 14.7 Å². The highest BCUT2D eigenvalue weighted by Crippen LogP contribution is 2.15. The zero-order valence-corrected chi connectivity index (χ0v) is 10.5. The highest BCUT2D eigenvalue weighted by Gasteiger charge is 2.15. The number of H-pyrrole nitrogens is 1. The van der Waals surface area contributed by atoms with Crippen molar-refractivity contribution in [2.45, 2.75) is 12.5 Å². The second-order valence-corrected chi connectivity index (χ2v) is 4.23. The number of rotatable bonds is 5. The third-order valence-electron chi connectivity index (χ3n) is 2.74. The number of carbonyl (C=O) groups excluding carboxylic acids is 1. The van der Waals surface area contributed by atoms with Gasteiger partial charge in [-0.25, -0.2) is 5.43 Å². The number of amides is 1. The number of aromatic nitrogens is 1. The van der Waals surface area contributed by atoms with E-state index in [0.29, 0.717) is 0 Å². The number of carbonyl (C=O) groups is 2. The maximum atomic E-state index is 11.4. The van der Waals surface area contributed by atoms with Gasteiger partial charge < -0.3 is 15.8 Å². The predicted molar refractivity (Wildman–Crippen MR) is 74.3 cm³/mol. The van der Waals surface area contributed by atoms with Crippen LogP contribution in [0.2, 0.25) is 0 Å². The van der Waals surface area contributed by atoms with Gasteiger partial charge in [-0.05, 0) is 6.07 Å². The van der Waals surface area contributed by atoms with Crippen LogP contribution in [0.3, 0.4) is 0 Å². The first-order chi connectivity index (χ1) is 9.58. The lowest BCUT2D eigenvalue weighted by Gasteiger charge is -2.03. The van der Waals surface area contributed by atoms with Crippen LogP contribution in [0.5, 0.6) is 0 Å². The van der Waals surface area contributed by atoms with E-state index in [-0.39, 0.29) is 6.42 Å². The molecule has 20 heavy (non-hydrogen) atoms. The van der Waals surface area contributed by atoms with Crippen LogP contribution in [-0.2, 0) is 9.59 Å². The van der Waals surface area contributed by atoms with Gasteiger partial charge in [-0.2, -0.15) is 5.10 Å². The van der Waals surface area contributed by atoms with Crippen molar-refractivity contribution in [1.29, 1.82) is 0 Å². The van der Waals surface area contributed by atoms with Gasteiger partial charge in [0.2, 0.25) is 5.91 Å². The minimum atomic E-state index is -1.22. The van der Waals surface area contributed by atoms with Crippen molar-refractivity contribution in [3.8, 4) is 0 Å². The van der Waals surface area contributed by atoms with Gasteiger partial charge in [0.15, 0.2) is 0 Å². The van der Waals surface area contributed by atoms with Gasteiger partial charge in [0.1, 0.15) is 6.04 Å². The number of fused-ring (bicyclic) bond motifs is 1. The molecule has 1 aromatic heterocycles. The Balaban J connectivity index is 1.97. The SMILES string of the molecule is NC(CC(=O)N/N=C/c1c[nH]c2ccccc12)C(=O)O. The van der Waals surface area contributed by atoms with Crippen molar-refractivity contribution in [2.24, 2.45) is 10.8 Å². The standard InChI is InChI=1S/C13H14N4O3/c14-10(13(19)20)5-12(18)17-16-7-8-6-15-11-4-2-1-3-9(8)11/h1-4,6-7,10,15H,5,14H2,(H,17,18)(H,19,20)/b16-7+. The van der Waals surface area contributed by atoms with E-state index >= 15 is 0 Å². The molecule has 0 aliphatic heterocycles. The largest absolute Gasteiger partial charge is 0.480 e. The highest BCUT2D eigenvalue weighted by atomic mass is 16.4. The molecule has 0 spiro atoms. The topological polar surface area (TPSA) is 121 Å². The van der Waals surface area contributed by atoms with Crippen LogP contribution in [0.25, 0.3) is 10.9 Å². The molecule has 0 saturated carbocycles. The predicted octanol–water partition coefficient (Wildman–Crippen LogP) is 0.420. The third-order valence-corrected chi connectivity index (χ3v) is 2.74. The highest BCUT2D eigenvalue weighted by molar-refractivity contribution is 5.99. The summed E-state index contributed by atoms with van der Waals surface area (Å²) in [5, 5.41) is 13.3. The van der Waals surface area contributed by atoms with E-state index in [9.17, 15) is 9.59 Å². The van der Waals surface area contributed by atoms with E-state index in [1.54, 1.807) is 6.20 Å². The first kappa shape index (κ1) is 13.8. The lowest BCUT2D eigenvalue weighted by Crippen LogP contribution is -2.35. The Bertz CT molecular complexity index is 662. The lowest BCUT2D eigenvalue weighted by atomic mass is 10.2. The minimum Gasteiger partial charge on any atom is -0.480 e.